The Labute approximate surface area is 209 Å². The molecule has 4 rings (SSSR count). The van der Waals surface area contributed by atoms with Crippen molar-refractivity contribution in [2.45, 2.75) is 43.4 Å². The first kappa shape index (κ1) is 27.7. The summed E-state index contributed by atoms with van der Waals surface area (Å²) in [5.74, 6) is -5.90. The summed E-state index contributed by atoms with van der Waals surface area (Å²) in [7, 11) is 1.64. The molecular formula is C20H19F5N8O3S. The molecule has 0 spiro atoms. The number of nitrogens with zero attached hydrogens (tertiary/aromatic N) is 5. The fourth-order valence-electron chi connectivity index (χ4n) is 3.44. The molecule has 2 atom stereocenters. The molecule has 0 radical (unpaired) electrons. The number of aryl methyl sites for hydroxylation is 1. The van der Waals surface area contributed by atoms with Gasteiger partial charge in [-0.15, -0.1) is 11.3 Å². The molecule has 0 bridgehead atoms. The first-order valence-electron chi connectivity index (χ1n) is 10.4. The molecule has 37 heavy (non-hydrogen) atoms. The largest absolute Gasteiger partial charge is 0.490 e. The third kappa shape index (κ3) is 6.46. The topological polar surface area (TPSA) is 172 Å². The van der Waals surface area contributed by atoms with E-state index in [4.69, 9.17) is 20.9 Å². The summed E-state index contributed by atoms with van der Waals surface area (Å²) in [6.07, 6.45) is -1.51. The zero-order valence-corrected chi connectivity index (χ0v) is 19.7. The van der Waals surface area contributed by atoms with Crippen molar-refractivity contribution in [3.8, 4) is 6.07 Å². The number of fused-ring (bicyclic) bond motifs is 1. The van der Waals surface area contributed by atoms with Crippen LogP contribution in [0.4, 0.5) is 33.5 Å². The highest BCUT2D eigenvalue weighted by Gasteiger charge is 2.44. The molecule has 198 valence electrons. The van der Waals surface area contributed by atoms with Crippen molar-refractivity contribution < 1.29 is 36.6 Å². The van der Waals surface area contributed by atoms with Gasteiger partial charge in [0.2, 0.25) is 0 Å². The molecule has 0 aliphatic heterocycles. The van der Waals surface area contributed by atoms with E-state index in [9.17, 15) is 26.7 Å². The minimum Gasteiger partial charge on any atom is -0.475 e. The molecule has 1 aliphatic rings. The molecule has 3 aromatic rings. The lowest BCUT2D eigenvalue weighted by atomic mass is 9.87. The second-order valence-corrected chi connectivity index (χ2v) is 8.78. The second kappa shape index (κ2) is 10.6. The number of amides is 1. The smallest absolute Gasteiger partial charge is 0.475 e. The molecule has 0 saturated heterocycles. The SMILES string of the molecule is Cn1cc(NC(=O)c2csc3ncc(N[C@@H]4CCCC(F)(F)[C@@H]4N)nc23)c(C#N)n1.O=C(O)C(F)(F)F. The van der Waals surface area contributed by atoms with Gasteiger partial charge in [0.15, 0.2) is 5.69 Å². The van der Waals surface area contributed by atoms with Crippen LogP contribution in [0.5, 0.6) is 0 Å². The molecule has 1 aliphatic carbocycles. The Morgan fingerprint density at radius 1 is 1.38 bits per heavy atom. The Morgan fingerprint density at radius 3 is 2.68 bits per heavy atom. The zero-order valence-electron chi connectivity index (χ0n) is 18.9. The Bertz CT molecular complexity index is 1350. The molecule has 1 fully saturated rings. The van der Waals surface area contributed by atoms with Crippen molar-refractivity contribution in [2.24, 2.45) is 12.8 Å². The van der Waals surface area contributed by atoms with Crippen LogP contribution in [0.3, 0.4) is 0 Å². The summed E-state index contributed by atoms with van der Waals surface area (Å²) in [6.45, 7) is 0. The summed E-state index contributed by atoms with van der Waals surface area (Å²) in [5.41, 5.74) is 6.70. The number of carboxylic acid groups (broad SMARTS) is 1. The van der Waals surface area contributed by atoms with Crippen molar-refractivity contribution >= 4 is 45.1 Å². The van der Waals surface area contributed by atoms with Gasteiger partial charge in [-0.25, -0.2) is 23.5 Å². The Hall–Kier alpha value is -3.91. The number of anilines is 2. The highest BCUT2D eigenvalue weighted by molar-refractivity contribution is 7.17. The van der Waals surface area contributed by atoms with E-state index in [-0.39, 0.29) is 29.2 Å². The molecule has 3 heterocycles. The Morgan fingerprint density at radius 2 is 2.05 bits per heavy atom. The minimum atomic E-state index is -5.08. The minimum absolute atomic E-state index is 0.0889. The van der Waals surface area contributed by atoms with Crippen molar-refractivity contribution in [3.63, 3.8) is 0 Å². The molecule has 1 amide bonds. The van der Waals surface area contributed by atoms with Crippen molar-refractivity contribution in [1.29, 1.82) is 5.26 Å². The number of rotatable bonds is 4. The fourth-order valence-corrected chi connectivity index (χ4v) is 4.27. The third-order valence-electron chi connectivity index (χ3n) is 5.23. The number of carboxylic acids is 1. The number of hydrogen-bond donors (Lipinski definition) is 4. The van der Waals surface area contributed by atoms with Crippen LogP contribution >= 0.6 is 11.3 Å². The lowest BCUT2D eigenvalue weighted by Crippen LogP contribution is -2.55. The lowest BCUT2D eigenvalue weighted by molar-refractivity contribution is -0.192. The zero-order chi connectivity index (χ0) is 27.5. The van der Waals surface area contributed by atoms with Gasteiger partial charge in [0.1, 0.15) is 22.2 Å². The van der Waals surface area contributed by atoms with Gasteiger partial charge in [-0.2, -0.15) is 23.5 Å². The molecule has 5 N–H and O–H groups in total. The Kier molecular flexibility index (Phi) is 7.93. The second-order valence-electron chi connectivity index (χ2n) is 7.92. The molecule has 3 aromatic heterocycles. The van der Waals surface area contributed by atoms with Crippen LogP contribution in [0.15, 0.2) is 17.8 Å². The van der Waals surface area contributed by atoms with E-state index in [1.807, 2.05) is 6.07 Å². The van der Waals surface area contributed by atoms with E-state index in [0.29, 0.717) is 23.2 Å². The fraction of sp³-hybridized carbons (Fsp3) is 0.400. The number of carbonyl (C=O) groups excluding carboxylic acids is 1. The predicted molar refractivity (Wildman–Crippen MR) is 121 cm³/mol. The number of hydrogen-bond acceptors (Lipinski definition) is 9. The maximum Gasteiger partial charge on any atom is 0.490 e. The maximum absolute atomic E-state index is 13.9. The van der Waals surface area contributed by atoms with Gasteiger partial charge in [-0.05, 0) is 12.8 Å². The third-order valence-corrected chi connectivity index (χ3v) is 6.11. The highest BCUT2D eigenvalue weighted by atomic mass is 32.1. The number of carbonyl (C=O) groups is 2. The van der Waals surface area contributed by atoms with Gasteiger partial charge in [-0.3, -0.25) is 9.48 Å². The van der Waals surface area contributed by atoms with Crippen LogP contribution in [0.1, 0.15) is 35.3 Å². The van der Waals surface area contributed by atoms with Crippen LogP contribution in [-0.4, -0.2) is 60.9 Å². The van der Waals surface area contributed by atoms with Gasteiger partial charge in [0.05, 0.1) is 23.5 Å². The number of halogens is 5. The summed E-state index contributed by atoms with van der Waals surface area (Å²) in [5, 5.41) is 27.4. The van der Waals surface area contributed by atoms with Gasteiger partial charge >= 0.3 is 12.1 Å². The number of nitriles is 1. The number of nitrogens with two attached hydrogens (primary N) is 1. The number of nitrogens with one attached hydrogen (secondary N) is 2. The van der Waals surface area contributed by atoms with E-state index >= 15 is 0 Å². The van der Waals surface area contributed by atoms with E-state index in [0.717, 1.165) is 0 Å². The predicted octanol–water partition coefficient (Wildman–Crippen LogP) is 3.11. The lowest BCUT2D eigenvalue weighted by Gasteiger charge is -2.36. The monoisotopic (exact) mass is 546 g/mol. The van der Waals surface area contributed by atoms with Crippen molar-refractivity contribution in [1.82, 2.24) is 19.7 Å². The number of aliphatic carboxylic acids is 1. The highest BCUT2D eigenvalue weighted by Crippen LogP contribution is 2.34. The molecule has 17 heteroatoms. The van der Waals surface area contributed by atoms with E-state index in [2.05, 4.69) is 25.7 Å². The van der Waals surface area contributed by atoms with Gasteiger partial charge in [0.25, 0.3) is 11.8 Å². The van der Waals surface area contributed by atoms with Crippen LogP contribution in [0, 0.1) is 11.3 Å². The maximum atomic E-state index is 13.9. The van der Waals surface area contributed by atoms with Gasteiger partial charge in [0, 0.05) is 31.1 Å². The molecule has 0 unspecified atom stereocenters. The quantitative estimate of drug-likeness (QED) is 0.359. The standard InChI is InChI=1S/C18H18F2N8OS.C2HF3O2/c1-28-7-12(11(5-21)27-28)25-16(29)9-8-30-17-14(9)26-13(6-23-17)24-10-3-2-4-18(19,20)15(10)22;3-2(4,5)1(6)7/h6-8,10,15H,2-4,22H2,1H3,(H,24,26)(H,25,29);(H,6,7)/t10-,15-;/m1./s1. The number of thiophene rings is 1. The summed E-state index contributed by atoms with van der Waals surface area (Å²) < 4.78 is 61.0. The number of alkyl halides is 5. The first-order valence-corrected chi connectivity index (χ1v) is 11.3. The van der Waals surface area contributed by atoms with Crippen LogP contribution in [0.25, 0.3) is 10.3 Å². The average Bonchev–Trinajstić information content (AvgIpc) is 3.39. The molecule has 0 aromatic carbocycles. The summed E-state index contributed by atoms with van der Waals surface area (Å²) in [4.78, 5) is 30.9. The molecular weight excluding hydrogens is 527 g/mol. The molecule has 11 nitrogen and oxygen atoms in total. The molecule has 1 saturated carbocycles. The van der Waals surface area contributed by atoms with E-state index in [1.165, 1.54) is 28.4 Å². The van der Waals surface area contributed by atoms with Crippen molar-refractivity contribution in [3.05, 3.63) is 29.0 Å². The van der Waals surface area contributed by atoms with Crippen LogP contribution in [0.2, 0.25) is 0 Å². The summed E-state index contributed by atoms with van der Waals surface area (Å²) >= 11 is 1.23. The van der Waals surface area contributed by atoms with E-state index in [1.54, 1.807) is 12.4 Å². The normalized spacial score (nSPS) is 18.9. The van der Waals surface area contributed by atoms with Gasteiger partial charge < -0.3 is 21.5 Å². The van der Waals surface area contributed by atoms with Crippen LogP contribution < -0.4 is 16.4 Å². The van der Waals surface area contributed by atoms with Crippen LogP contribution in [-0.2, 0) is 11.8 Å². The average molecular weight is 546 g/mol. The van der Waals surface area contributed by atoms with E-state index < -0.39 is 36.1 Å². The number of aromatic nitrogens is 4. The Balaban J connectivity index is 0.000000479. The first-order chi connectivity index (χ1) is 17.2. The van der Waals surface area contributed by atoms with Crippen molar-refractivity contribution in [2.75, 3.05) is 10.6 Å². The summed E-state index contributed by atoms with van der Waals surface area (Å²) in [6, 6.07) is -0.0634. The van der Waals surface area contributed by atoms with Gasteiger partial charge in [-0.1, -0.05) is 0 Å².